The summed E-state index contributed by atoms with van der Waals surface area (Å²) in [6.07, 6.45) is 1.14. The number of hydrogen-bond donors (Lipinski definition) is 3. The van der Waals surface area contributed by atoms with Gasteiger partial charge in [-0.3, -0.25) is 0 Å². The molecule has 1 rings (SSSR count). The molecule has 4 N–H and O–H groups in total. The van der Waals surface area contributed by atoms with Crippen molar-refractivity contribution in [3.63, 3.8) is 0 Å². The first-order valence-corrected chi connectivity index (χ1v) is 5.01. The molecule has 0 bridgehead atoms. The van der Waals surface area contributed by atoms with Crippen molar-refractivity contribution in [3.8, 4) is 0 Å². The summed E-state index contributed by atoms with van der Waals surface area (Å²) in [6, 6.07) is 1.85. The first-order valence-electron chi connectivity index (χ1n) is 5.01. The molecule has 0 aliphatic heterocycles. The third-order valence-electron chi connectivity index (χ3n) is 2.58. The second-order valence-electron chi connectivity index (χ2n) is 4.46. The highest BCUT2D eigenvalue weighted by molar-refractivity contribution is 5.52. The standard InChI is InChI=1S/C11H19N3O/c1-7-5-9(12)6-13-10(7)14-11(3,4)8(2)15/h5-6,8,15H,12H2,1-4H3,(H,13,14). The Morgan fingerprint density at radius 1 is 1.53 bits per heavy atom. The van der Waals surface area contributed by atoms with Gasteiger partial charge in [-0.2, -0.15) is 0 Å². The second kappa shape index (κ2) is 4.06. The van der Waals surface area contributed by atoms with Crippen LogP contribution in [0.3, 0.4) is 0 Å². The predicted octanol–water partition coefficient (Wildman–Crippen LogP) is 1.54. The summed E-state index contributed by atoms with van der Waals surface area (Å²) in [6.45, 7) is 7.54. The van der Waals surface area contributed by atoms with E-state index in [1.54, 1.807) is 13.1 Å². The molecule has 4 nitrogen and oxygen atoms in total. The van der Waals surface area contributed by atoms with Gasteiger partial charge in [0.15, 0.2) is 0 Å². The molecule has 1 unspecified atom stereocenters. The maximum absolute atomic E-state index is 9.57. The van der Waals surface area contributed by atoms with Crippen LogP contribution in [0.2, 0.25) is 0 Å². The molecule has 0 saturated carbocycles. The van der Waals surface area contributed by atoms with Crippen LogP contribution in [0.5, 0.6) is 0 Å². The highest BCUT2D eigenvalue weighted by Gasteiger charge is 2.24. The van der Waals surface area contributed by atoms with E-state index in [9.17, 15) is 5.11 Å². The summed E-state index contributed by atoms with van der Waals surface area (Å²) >= 11 is 0. The van der Waals surface area contributed by atoms with Gasteiger partial charge in [-0.25, -0.2) is 4.98 Å². The highest BCUT2D eigenvalue weighted by atomic mass is 16.3. The molecule has 0 spiro atoms. The van der Waals surface area contributed by atoms with Gasteiger partial charge in [-0.05, 0) is 39.3 Å². The van der Waals surface area contributed by atoms with E-state index in [4.69, 9.17) is 5.73 Å². The van der Waals surface area contributed by atoms with Gasteiger partial charge in [0.25, 0.3) is 0 Å². The summed E-state index contributed by atoms with van der Waals surface area (Å²) in [5, 5.41) is 12.8. The van der Waals surface area contributed by atoms with Crippen LogP contribution in [0, 0.1) is 6.92 Å². The van der Waals surface area contributed by atoms with E-state index in [0.717, 1.165) is 11.4 Å². The number of aliphatic hydroxyl groups is 1. The number of aromatic nitrogens is 1. The van der Waals surface area contributed by atoms with Crippen molar-refractivity contribution in [2.45, 2.75) is 39.3 Å². The van der Waals surface area contributed by atoms with Crippen LogP contribution < -0.4 is 11.1 Å². The van der Waals surface area contributed by atoms with Crippen LogP contribution in [0.1, 0.15) is 26.3 Å². The second-order valence-corrected chi connectivity index (χ2v) is 4.46. The predicted molar refractivity (Wildman–Crippen MR) is 62.8 cm³/mol. The van der Waals surface area contributed by atoms with Gasteiger partial charge < -0.3 is 16.2 Å². The molecular formula is C11H19N3O. The Kier molecular flexibility index (Phi) is 3.19. The summed E-state index contributed by atoms with van der Waals surface area (Å²) in [7, 11) is 0. The molecule has 4 heteroatoms. The molecule has 15 heavy (non-hydrogen) atoms. The number of hydrogen-bond acceptors (Lipinski definition) is 4. The smallest absolute Gasteiger partial charge is 0.129 e. The number of nitrogens with one attached hydrogen (secondary N) is 1. The zero-order valence-electron chi connectivity index (χ0n) is 9.70. The number of nitrogens with two attached hydrogens (primary N) is 1. The van der Waals surface area contributed by atoms with Crippen LogP contribution in [0.15, 0.2) is 12.3 Å². The molecule has 1 atom stereocenters. The molecule has 1 heterocycles. The SMILES string of the molecule is Cc1cc(N)cnc1NC(C)(C)C(C)O. The molecule has 0 radical (unpaired) electrons. The monoisotopic (exact) mass is 209 g/mol. The average molecular weight is 209 g/mol. The Labute approximate surface area is 90.5 Å². The number of rotatable bonds is 3. The molecular weight excluding hydrogens is 190 g/mol. The van der Waals surface area contributed by atoms with Crippen LogP contribution in [0.25, 0.3) is 0 Å². The lowest BCUT2D eigenvalue weighted by molar-refractivity contribution is 0.133. The van der Waals surface area contributed by atoms with Gasteiger partial charge >= 0.3 is 0 Å². The Morgan fingerprint density at radius 3 is 2.60 bits per heavy atom. The van der Waals surface area contributed by atoms with E-state index in [1.807, 2.05) is 26.8 Å². The summed E-state index contributed by atoms with van der Waals surface area (Å²) in [5.74, 6) is 0.759. The van der Waals surface area contributed by atoms with E-state index in [-0.39, 0.29) is 0 Å². The topological polar surface area (TPSA) is 71.2 Å². The van der Waals surface area contributed by atoms with Crippen LogP contribution in [-0.2, 0) is 0 Å². The van der Waals surface area contributed by atoms with Gasteiger partial charge in [0.1, 0.15) is 5.82 Å². The van der Waals surface area contributed by atoms with Crippen LogP contribution >= 0.6 is 0 Å². The summed E-state index contributed by atoms with van der Waals surface area (Å²) in [4.78, 5) is 4.20. The summed E-state index contributed by atoms with van der Waals surface area (Å²) < 4.78 is 0. The quantitative estimate of drug-likeness (QED) is 0.706. The molecule has 0 saturated heterocycles. The minimum atomic E-state index is -0.462. The van der Waals surface area contributed by atoms with Crippen molar-refractivity contribution in [1.29, 1.82) is 0 Å². The number of anilines is 2. The van der Waals surface area contributed by atoms with Crippen LogP contribution in [-0.4, -0.2) is 21.7 Å². The fourth-order valence-corrected chi connectivity index (χ4v) is 1.14. The largest absolute Gasteiger partial charge is 0.397 e. The van der Waals surface area contributed by atoms with Crippen molar-refractivity contribution in [2.24, 2.45) is 0 Å². The minimum absolute atomic E-state index is 0.409. The van der Waals surface area contributed by atoms with E-state index in [1.165, 1.54) is 0 Å². The molecule has 1 aromatic rings. The van der Waals surface area contributed by atoms with Crippen molar-refractivity contribution < 1.29 is 5.11 Å². The molecule has 0 amide bonds. The third-order valence-corrected chi connectivity index (χ3v) is 2.58. The zero-order chi connectivity index (χ0) is 11.6. The highest BCUT2D eigenvalue weighted by Crippen LogP contribution is 2.20. The van der Waals surface area contributed by atoms with E-state index in [0.29, 0.717) is 5.69 Å². The van der Waals surface area contributed by atoms with E-state index < -0.39 is 11.6 Å². The number of nitrogens with zero attached hydrogens (tertiary/aromatic N) is 1. The molecule has 0 aliphatic carbocycles. The zero-order valence-corrected chi connectivity index (χ0v) is 9.70. The number of aryl methyl sites for hydroxylation is 1. The first kappa shape index (κ1) is 11.8. The number of nitrogen functional groups attached to an aromatic ring is 1. The van der Waals surface area contributed by atoms with Gasteiger partial charge in [0, 0.05) is 0 Å². The lowest BCUT2D eigenvalue weighted by Crippen LogP contribution is -2.42. The number of pyridine rings is 1. The lowest BCUT2D eigenvalue weighted by atomic mass is 9.98. The van der Waals surface area contributed by atoms with Gasteiger partial charge in [-0.1, -0.05) is 0 Å². The van der Waals surface area contributed by atoms with Crippen molar-refractivity contribution >= 4 is 11.5 Å². The molecule has 0 aromatic carbocycles. The van der Waals surface area contributed by atoms with Crippen molar-refractivity contribution in [3.05, 3.63) is 17.8 Å². The van der Waals surface area contributed by atoms with E-state index >= 15 is 0 Å². The van der Waals surface area contributed by atoms with Gasteiger partial charge in [0.2, 0.25) is 0 Å². The molecule has 0 fully saturated rings. The first-order chi connectivity index (χ1) is 6.83. The Bertz CT molecular complexity index is 348. The van der Waals surface area contributed by atoms with Gasteiger partial charge in [-0.15, -0.1) is 0 Å². The number of aliphatic hydroxyl groups excluding tert-OH is 1. The van der Waals surface area contributed by atoms with Gasteiger partial charge in [0.05, 0.1) is 23.5 Å². The Balaban J connectivity index is 2.90. The van der Waals surface area contributed by atoms with E-state index in [2.05, 4.69) is 10.3 Å². The molecule has 0 aliphatic rings. The van der Waals surface area contributed by atoms with Crippen molar-refractivity contribution in [1.82, 2.24) is 4.98 Å². The average Bonchev–Trinajstić information content (AvgIpc) is 2.09. The third kappa shape index (κ3) is 2.83. The fourth-order valence-electron chi connectivity index (χ4n) is 1.14. The molecule has 1 aromatic heterocycles. The van der Waals surface area contributed by atoms with Crippen molar-refractivity contribution in [2.75, 3.05) is 11.1 Å². The minimum Gasteiger partial charge on any atom is -0.397 e. The maximum atomic E-state index is 9.57. The summed E-state index contributed by atoms with van der Waals surface area (Å²) in [5.41, 5.74) is 6.82. The molecule has 84 valence electrons. The maximum Gasteiger partial charge on any atom is 0.129 e. The Hall–Kier alpha value is -1.29. The normalized spacial score (nSPS) is 13.7. The lowest BCUT2D eigenvalue weighted by Gasteiger charge is -2.30. The Morgan fingerprint density at radius 2 is 2.13 bits per heavy atom. The van der Waals surface area contributed by atoms with Crippen LogP contribution in [0.4, 0.5) is 11.5 Å². The fraction of sp³-hybridized carbons (Fsp3) is 0.545.